The maximum atomic E-state index is 13.5. The quantitative estimate of drug-likeness (QED) is 0.568. The minimum Gasteiger partial charge on any atom is -0.493 e. The number of benzene rings is 2. The van der Waals surface area contributed by atoms with Gasteiger partial charge in [-0.05, 0) is 55.2 Å². The van der Waals surface area contributed by atoms with Crippen LogP contribution in [-0.2, 0) is 14.9 Å². The molecule has 160 valence electrons. The van der Waals surface area contributed by atoms with Crippen molar-refractivity contribution in [3.8, 4) is 5.75 Å². The Morgan fingerprint density at radius 2 is 1.77 bits per heavy atom. The maximum absolute atomic E-state index is 13.5. The van der Waals surface area contributed by atoms with Crippen LogP contribution in [0.15, 0.2) is 42.5 Å². The number of rotatable bonds is 7. The number of nitrogens with one attached hydrogen (secondary N) is 1. The second-order valence-corrected chi connectivity index (χ2v) is 8.09. The Morgan fingerprint density at radius 3 is 2.40 bits per heavy atom. The van der Waals surface area contributed by atoms with E-state index in [0.717, 1.165) is 44.1 Å². The predicted octanol–water partition coefficient (Wildman–Crippen LogP) is 5.76. The highest BCUT2D eigenvalue weighted by atomic mass is 35.5. The van der Waals surface area contributed by atoms with Crippen molar-refractivity contribution in [2.75, 3.05) is 19.0 Å². The van der Waals surface area contributed by atoms with Gasteiger partial charge in [0.05, 0.1) is 19.1 Å². The third kappa shape index (κ3) is 4.78. The largest absolute Gasteiger partial charge is 0.493 e. The normalized spacial score (nSPS) is 15.3. The molecule has 2 aromatic rings. The molecule has 5 nitrogen and oxygen atoms in total. The first-order valence-electron chi connectivity index (χ1n) is 10.4. The van der Waals surface area contributed by atoms with Gasteiger partial charge < -0.3 is 14.8 Å². The number of halogens is 1. The molecule has 1 amide bonds. The molecular formula is C24H28ClNO4. The second-order valence-electron chi connectivity index (χ2n) is 7.65. The van der Waals surface area contributed by atoms with Crippen LogP contribution in [0.3, 0.4) is 0 Å². The number of esters is 1. The lowest BCUT2D eigenvalue weighted by Crippen LogP contribution is -2.42. The van der Waals surface area contributed by atoms with Gasteiger partial charge in [-0.25, -0.2) is 4.79 Å². The van der Waals surface area contributed by atoms with Crippen molar-refractivity contribution in [1.29, 1.82) is 0 Å². The van der Waals surface area contributed by atoms with Crippen molar-refractivity contribution in [3.05, 3.63) is 58.6 Å². The molecule has 0 saturated heterocycles. The number of methoxy groups -OCH3 is 1. The molecule has 0 heterocycles. The highest BCUT2D eigenvalue weighted by Gasteiger charge is 2.41. The van der Waals surface area contributed by atoms with Crippen molar-refractivity contribution >= 4 is 29.2 Å². The van der Waals surface area contributed by atoms with E-state index >= 15 is 0 Å². The van der Waals surface area contributed by atoms with Gasteiger partial charge in [0.15, 0.2) is 0 Å². The lowest BCUT2D eigenvalue weighted by atomic mass is 9.68. The average molecular weight is 430 g/mol. The molecule has 0 unspecified atom stereocenters. The summed E-state index contributed by atoms with van der Waals surface area (Å²) in [5.74, 6) is -0.114. The Morgan fingerprint density at radius 1 is 1.07 bits per heavy atom. The molecule has 0 bridgehead atoms. The summed E-state index contributed by atoms with van der Waals surface area (Å²) in [6, 6.07) is 12.6. The molecule has 1 aliphatic carbocycles. The molecule has 6 heteroatoms. The van der Waals surface area contributed by atoms with Crippen LogP contribution in [-0.4, -0.2) is 25.6 Å². The topological polar surface area (TPSA) is 64.6 Å². The summed E-state index contributed by atoms with van der Waals surface area (Å²) in [4.78, 5) is 25.7. The van der Waals surface area contributed by atoms with Crippen molar-refractivity contribution in [3.63, 3.8) is 0 Å². The van der Waals surface area contributed by atoms with Gasteiger partial charge in [0.1, 0.15) is 11.3 Å². The highest BCUT2D eigenvalue weighted by Crippen LogP contribution is 2.41. The first-order valence-corrected chi connectivity index (χ1v) is 10.8. The van der Waals surface area contributed by atoms with E-state index in [0.29, 0.717) is 28.6 Å². The van der Waals surface area contributed by atoms with E-state index in [1.165, 1.54) is 7.11 Å². The first kappa shape index (κ1) is 22.2. The van der Waals surface area contributed by atoms with Gasteiger partial charge in [-0.2, -0.15) is 0 Å². The van der Waals surface area contributed by atoms with Crippen LogP contribution in [0.4, 0.5) is 5.69 Å². The molecule has 0 spiro atoms. The fourth-order valence-corrected chi connectivity index (χ4v) is 4.16. The monoisotopic (exact) mass is 429 g/mol. The maximum Gasteiger partial charge on any atom is 0.341 e. The van der Waals surface area contributed by atoms with Gasteiger partial charge >= 0.3 is 5.97 Å². The number of carbonyl (C=O) groups is 2. The summed E-state index contributed by atoms with van der Waals surface area (Å²) in [5.41, 5.74) is 1.21. The molecule has 0 aliphatic heterocycles. The van der Waals surface area contributed by atoms with E-state index < -0.39 is 11.4 Å². The zero-order valence-corrected chi connectivity index (χ0v) is 18.3. The SMILES string of the molecule is CCCOc1ccc(NC(=O)C2(c3ccc(Cl)cc3)CCCCC2)cc1C(=O)OC. The summed E-state index contributed by atoms with van der Waals surface area (Å²) in [7, 11) is 1.33. The number of hydrogen-bond donors (Lipinski definition) is 1. The standard InChI is InChI=1S/C24H28ClNO4/c1-3-15-30-21-12-11-19(16-20(21)22(27)29-2)26-23(28)24(13-5-4-6-14-24)17-7-9-18(25)10-8-17/h7-12,16H,3-6,13-15H2,1-2H3,(H,26,28). The van der Waals surface area contributed by atoms with Gasteiger partial charge in [-0.15, -0.1) is 0 Å². The summed E-state index contributed by atoms with van der Waals surface area (Å²) in [5, 5.41) is 3.68. The van der Waals surface area contributed by atoms with Crippen LogP contribution in [0.25, 0.3) is 0 Å². The fraction of sp³-hybridized carbons (Fsp3) is 0.417. The second kappa shape index (κ2) is 9.98. The molecule has 1 N–H and O–H groups in total. The van der Waals surface area contributed by atoms with Crippen molar-refractivity contribution in [2.24, 2.45) is 0 Å². The van der Waals surface area contributed by atoms with E-state index in [9.17, 15) is 9.59 Å². The Labute approximate surface area is 182 Å². The number of hydrogen-bond acceptors (Lipinski definition) is 4. The molecule has 0 radical (unpaired) electrons. The Bertz CT molecular complexity index is 889. The number of amides is 1. The first-order chi connectivity index (χ1) is 14.5. The van der Waals surface area contributed by atoms with Gasteiger partial charge in [0.2, 0.25) is 5.91 Å². The molecule has 0 aromatic heterocycles. The van der Waals surface area contributed by atoms with Crippen molar-refractivity contribution < 1.29 is 19.1 Å². The van der Waals surface area contributed by atoms with Crippen molar-refractivity contribution in [2.45, 2.75) is 50.9 Å². The van der Waals surface area contributed by atoms with Gasteiger partial charge in [0, 0.05) is 10.7 Å². The molecule has 1 saturated carbocycles. The molecule has 3 rings (SSSR count). The van der Waals surface area contributed by atoms with Crippen LogP contribution >= 0.6 is 11.6 Å². The van der Waals surface area contributed by atoms with Crippen LogP contribution in [0.1, 0.15) is 61.4 Å². The van der Waals surface area contributed by atoms with Crippen LogP contribution in [0.2, 0.25) is 5.02 Å². The van der Waals surface area contributed by atoms with Gasteiger partial charge in [-0.1, -0.05) is 49.9 Å². The number of ether oxygens (including phenoxy) is 2. The van der Waals surface area contributed by atoms with E-state index in [4.69, 9.17) is 21.1 Å². The molecule has 0 atom stereocenters. The fourth-order valence-electron chi connectivity index (χ4n) is 4.04. The van der Waals surface area contributed by atoms with Crippen LogP contribution in [0, 0.1) is 0 Å². The summed E-state index contributed by atoms with van der Waals surface area (Å²) in [6.45, 7) is 2.49. The zero-order chi connectivity index (χ0) is 21.6. The Balaban J connectivity index is 1.90. The Hall–Kier alpha value is -2.53. The molecule has 1 fully saturated rings. The third-order valence-electron chi connectivity index (χ3n) is 5.64. The Kier molecular flexibility index (Phi) is 7.38. The molecule has 30 heavy (non-hydrogen) atoms. The lowest BCUT2D eigenvalue weighted by molar-refractivity contribution is -0.122. The lowest BCUT2D eigenvalue weighted by Gasteiger charge is -2.36. The number of anilines is 1. The number of carbonyl (C=O) groups excluding carboxylic acids is 2. The van der Waals surface area contributed by atoms with Gasteiger partial charge in [0.25, 0.3) is 0 Å². The van der Waals surface area contributed by atoms with Gasteiger partial charge in [-0.3, -0.25) is 4.79 Å². The van der Waals surface area contributed by atoms with E-state index in [-0.39, 0.29) is 5.91 Å². The smallest absolute Gasteiger partial charge is 0.341 e. The van der Waals surface area contributed by atoms with Crippen molar-refractivity contribution in [1.82, 2.24) is 0 Å². The molecule has 1 aliphatic rings. The van der Waals surface area contributed by atoms with Crippen LogP contribution in [0.5, 0.6) is 5.75 Å². The predicted molar refractivity (Wildman–Crippen MR) is 118 cm³/mol. The minimum atomic E-state index is -0.606. The third-order valence-corrected chi connectivity index (χ3v) is 5.89. The zero-order valence-electron chi connectivity index (χ0n) is 17.5. The van der Waals surface area contributed by atoms with Crippen LogP contribution < -0.4 is 10.1 Å². The highest BCUT2D eigenvalue weighted by molar-refractivity contribution is 6.30. The molecular weight excluding hydrogens is 402 g/mol. The molecule has 2 aromatic carbocycles. The summed E-state index contributed by atoms with van der Waals surface area (Å²) in [6.07, 6.45) is 5.49. The minimum absolute atomic E-state index is 0.0671. The van der Waals surface area contributed by atoms with E-state index in [1.807, 2.05) is 31.2 Å². The van der Waals surface area contributed by atoms with E-state index in [1.54, 1.807) is 18.2 Å². The summed E-state index contributed by atoms with van der Waals surface area (Å²) < 4.78 is 10.5. The summed E-state index contributed by atoms with van der Waals surface area (Å²) >= 11 is 6.06. The van der Waals surface area contributed by atoms with E-state index in [2.05, 4.69) is 5.32 Å². The average Bonchev–Trinajstić information content (AvgIpc) is 2.78.